The van der Waals surface area contributed by atoms with E-state index in [4.69, 9.17) is 0 Å². The SMILES string of the molecule is CCC(C=O)(CC)CN1CCC2(CCCC2)CC1. The van der Waals surface area contributed by atoms with Crippen molar-refractivity contribution in [2.45, 2.75) is 65.2 Å². The zero-order chi connectivity index (χ0) is 13.1. The minimum atomic E-state index is -0.0832. The van der Waals surface area contributed by atoms with Gasteiger partial charge in [-0.1, -0.05) is 26.7 Å². The van der Waals surface area contributed by atoms with Gasteiger partial charge in [0.25, 0.3) is 0 Å². The molecule has 1 saturated carbocycles. The van der Waals surface area contributed by atoms with Crippen molar-refractivity contribution in [2.24, 2.45) is 10.8 Å². The predicted molar refractivity (Wildman–Crippen MR) is 75.7 cm³/mol. The van der Waals surface area contributed by atoms with Gasteiger partial charge in [0.2, 0.25) is 0 Å². The van der Waals surface area contributed by atoms with E-state index in [1.807, 2.05) is 0 Å². The topological polar surface area (TPSA) is 20.3 Å². The minimum Gasteiger partial charge on any atom is -0.303 e. The van der Waals surface area contributed by atoms with Crippen LogP contribution in [0.3, 0.4) is 0 Å². The molecule has 2 nitrogen and oxygen atoms in total. The molecule has 0 bridgehead atoms. The molecule has 1 spiro atoms. The van der Waals surface area contributed by atoms with Crippen molar-refractivity contribution in [1.82, 2.24) is 4.90 Å². The normalized spacial score (nSPS) is 24.6. The Morgan fingerprint density at radius 2 is 1.61 bits per heavy atom. The second-order valence-corrected chi connectivity index (χ2v) is 6.67. The van der Waals surface area contributed by atoms with Crippen molar-refractivity contribution < 1.29 is 4.79 Å². The molecule has 1 heterocycles. The Hall–Kier alpha value is -0.370. The zero-order valence-corrected chi connectivity index (χ0v) is 12.2. The van der Waals surface area contributed by atoms with Crippen LogP contribution in [0.5, 0.6) is 0 Å². The van der Waals surface area contributed by atoms with E-state index in [-0.39, 0.29) is 5.41 Å². The maximum absolute atomic E-state index is 11.4. The van der Waals surface area contributed by atoms with Gasteiger partial charge in [0.1, 0.15) is 6.29 Å². The van der Waals surface area contributed by atoms with Crippen LogP contribution in [0.2, 0.25) is 0 Å². The van der Waals surface area contributed by atoms with Crippen LogP contribution in [-0.2, 0) is 4.79 Å². The van der Waals surface area contributed by atoms with E-state index in [0.29, 0.717) is 5.41 Å². The first-order valence-corrected chi connectivity index (χ1v) is 7.86. The van der Waals surface area contributed by atoms with Gasteiger partial charge < -0.3 is 9.69 Å². The van der Waals surface area contributed by atoms with E-state index >= 15 is 0 Å². The number of hydrogen-bond donors (Lipinski definition) is 0. The molecule has 2 aliphatic rings. The van der Waals surface area contributed by atoms with Gasteiger partial charge >= 0.3 is 0 Å². The summed E-state index contributed by atoms with van der Waals surface area (Å²) in [5.41, 5.74) is 0.610. The van der Waals surface area contributed by atoms with Gasteiger partial charge in [-0.05, 0) is 57.0 Å². The first-order valence-electron chi connectivity index (χ1n) is 7.86. The number of piperidine rings is 1. The zero-order valence-electron chi connectivity index (χ0n) is 12.2. The molecule has 2 rings (SSSR count). The lowest BCUT2D eigenvalue weighted by Crippen LogP contribution is -2.45. The monoisotopic (exact) mass is 251 g/mol. The Labute approximate surface area is 112 Å². The maximum atomic E-state index is 11.4. The molecule has 0 radical (unpaired) electrons. The van der Waals surface area contributed by atoms with Crippen LogP contribution in [0.1, 0.15) is 65.2 Å². The fraction of sp³-hybridized carbons (Fsp3) is 0.938. The highest BCUT2D eigenvalue weighted by atomic mass is 16.1. The first kappa shape index (κ1) is 14.0. The molecule has 0 atom stereocenters. The van der Waals surface area contributed by atoms with Crippen LogP contribution in [0, 0.1) is 10.8 Å². The summed E-state index contributed by atoms with van der Waals surface area (Å²) < 4.78 is 0. The van der Waals surface area contributed by atoms with Crippen molar-refractivity contribution in [1.29, 1.82) is 0 Å². The highest BCUT2D eigenvalue weighted by molar-refractivity contribution is 5.59. The lowest BCUT2D eigenvalue weighted by Gasteiger charge is -2.42. The van der Waals surface area contributed by atoms with E-state index in [1.54, 1.807) is 0 Å². The third-order valence-corrected chi connectivity index (χ3v) is 5.78. The first-order chi connectivity index (χ1) is 8.67. The van der Waals surface area contributed by atoms with Crippen molar-refractivity contribution in [2.75, 3.05) is 19.6 Å². The van der Waals surface area contributed by atoms with Crippen molar-refractivity contribution in [3.05, 3.63) is 0 Å². The number of nitrogens with zero attached hydrogens (tertiary/aromatic N) is 1. The Balaban J connectivity index is 1.87. The third-order valence-electron chi connectivity index (χ3n) is 5.78. The lowest BCUT2D eigenvalue weighted by molar-refractivity contribution is -0.118. The van der Waals surface area contributed by atoms with Gasteiger partial charge in [-0.2, -0.15) is 0 Å². The fourth-order valence-electron chi connectivity index (χ4n) is 3.93. The van der Waals surface area contributed by atoms with Crippen LogP contribution in [-0.4, -0.2) is 30.8 Å². The van der Waals surface area contributed by atoms with E-state index in [0.717, 1.165) is 19.4 Å². The molecule has 0 aromatic rings. The quantitative estimate of drug-likeness (QED) is 0.695. The average Bonchev–Trinajstić information content (AvgIpc) is 2.87. The summed E-state index contributed by atoms with van der Waals surface area (Å²) in [5.74, 6) is 0. The van der Waals surface area contributed by atoms with Crippen LogP contribution >= 0.6 is 0 Å². The number of carbonyl (C=O) groups is 1. The van der Waals surface area contributed by atoms with E-state index in [2.05, 4.69) is 18.7 Å². The van der Waals surface area contributed by atoms with Crippen molar-refractivity contribution >= 4 is 6.29 Å². The molecule has 2 heteroatoms. The molecule has 0 amide bonds. The molecule has 1 aliphatic carbocycles. The molecule has 0 aromatic carbocycles. The van der Waals surface area contributed by atoms with Crippen LogP contribution in [0.25, 0.3) is 0 Å². The average molecular weight is 251 g/mol. The van der Waals surface area contributed by atoms with Gasteiger partial charge in [-0.15, -0.1) is 0 Å². The number of carbonyl (C=O) groups excluding carboxylic acids is 1. The van der Waals surface area contributed by atoms with Crippen LogP contribution in [0.4, 0.5) is 0 Å². The van der Waals surface area contributed by atoms with E-state index < -0.39 is 0 Å². The summed E-state index contributed by atoms with van der Waals surface area (Å²) >= 11 is 0. The summed E-state index contributed by atoms with van der Waals surface area (Å²) in [5, 5.41) is 0. The third kappa shape index (κ3) is 2.79. The smallest absolute Gasteiger partial charge is 0.127 e. The van der Waals surface area contributed by atoms with Crippen molar-refractivity contribution in [3.8, 4) is 0 Å². The summed E-state index contributed by atoms with van der Waals surface area (Å²) in [6.45, 7) is 7.73. The number of hydrogen-bond acceptors (Lipinski definition) is 2. The lowest BCUT2D eigenvalue weighted by atomic mass is 9.76. The van der Waals surface area contributed by atoms with Gasteiger partial charge in [-0.3, -0.25) is 0 Å². The highest BCUT2D eigenvalue weighted by Crippen LogP contribution is 2.46. The molecule has 104 valence electrons. The molecule has 18 heavy (non-hydrogen) atoms. The second-order valence-electron chi connectivity index (χ2n) is 6.67. The Morgan fingerprint density at radius 3 is 2.06 bits per heavy atom. The Kier molecular flexibility index (Phi) is 4.47. The molecule has 2 fully saturated rings. The molecule has 1 saturated heterocycles. The fourth-order valence-corrected chi connectivity index (χ4v) is 3.93. The standard InChI is InChI=1S/C16H29NO/c1-3-15(4-2,14-18)13-17-11-9-16(10-12-17)7-5-6-8-16/h14H,3-13H2,1-2H3. The van der Waals surface area contributed by atoms with Gasteiger partial charge in [-0.25, -0.2) is 0 Å². The van der Waals surface area contributed by atoms with Gasteiger partial charge in [0, 0.05) is 12.0 Å². The summed E-state index contributed by atoms with van der Waals surface area (Å²) in [4.78, 5) is 13.9. The minimum absolute atomic E-state index is 0.0832. The van der Waals surface area contributed by atoms with Gasteiger partial charge in [0.15, 0.2) is 0 Å². The number of rotatable bonds is 5. The Morgan fingerprint density at radius 1 is 1.06 bits per heavy atom. The van der Waals surface area contributed by atoms with Gasteiger partial charge in [0.05, 0.1) is 0 Å². The highest BCUT2D eigenvalue weighted by Gasteiger charge is 2.38. The van der Waals surface area contributed by atoms with Crippen molar-refractivity contribution in [3.63, 3.8) is 0 Å². The van der Waals surface area contributed by atoms with Crippen LogP contribution < -0.4 is 0 Å². The second kappa shape index (κ2) is 5.73. The molecular formula is C16H29NO. The molecule has 0 N–H and O–H groups in total. The molecular weight excluding hydrogens is 222 g/mol. The largest absolute Gasteiger partial charge is 0.303 e. The number of aldehydes is 1. The predicted octanol–water partition coefficient (Wildman–Crippen LogP) is 3.65. The summed E-state index contributed by atoms with van der Waals surface area (Å²) in [6, 6.07) is 0. The number of likely N-dealkylation sites (tertiary alicyclic amines) is 1. The summed E-state index contributed by atoms with van der Waals surface area (Å²) in [7, 11) is 0. The van der Waals surface area contributed by atoms with Crippen LogP contribution in [0.15, 0.2) is 0 Å². The summed E-state index contributed by atoms with van der Waals surface area (Å²) in [6.07, 6.45) is 11.7. The molecule has 1 aliphatic heterocycles. The molecule has 0 unspecified atom stereocenters. The van der Waals surface area contributed by atoms with E-state index in [9.17, 15) is 4.79 Å². The van der Waals surface area contributed by atoms with E-state index in [1.165, 1.54) is 57.9 Å². The maximum Gasteiger partial charge on any atom is 0.127 e. The molecule has 0 aromatic heterocycles. The Bertz CT molecular complexity index is 267.